The van der Waals surface area contributed by atoms with Crippen molar-refractivity contribution in [2.24, 2.45) is 0 Å². The number of hydrogen-bond acceptors (Lipinski definition) is 2. The molecule has 0 radical (unpaired) electrons. The van der Waals surface area contributed by atoms with Gasteiger partial charge in [-0.05, 0) is 34.3 Å². The van der Waals surface area contributed by atoms with Gasteiger partial charge < -0.3 is 0 Å². The van der Waals surface area contributed by atoms with E-state index < -0.39 is 16.1 Å². The Hall–Kier alpha value is -1.53. The maximum atomic E-state index is 5.24. The molecular formula is C30H38Br2N2Si2. The van der Waals surface area contributed by atoms with Crippen molar-refractivity contribution in [3.63, 3.8) is 0 Å². The standard InChI is InChI=1S/C30H38Br2N2Si2/c1-29(2,3)35(7,8)20-19-25-27(36(9,10)30(4,5)6)26(21-11-15-23(31)16-12-21)34-28(33-25)22-13-17-24(32)18-14-22/h11-18H,1-10H3. The second-order valence-electron chi connectivity index (χ2n) is 12.6. The van der Waals surface area contributed by atoms with Gasteiger partial charge in [-0.1, -0.05) is 130 Å². The molecule has 2 aromatic carbocycles. The lowest BCUT2D eigenvalue weighted by Crippen LogP contribution is -2.52. The van der Waals surface area contributed by atoms with Crippen molar-refractivity contribution >= 4 is 53.2 Å². The Morgan fingerprint density at radius 3 is 1.58 bits per heavy atom. The molecule has 0 aliphatic carbocycles. The minimum absolute atomic E-state index is 0.104. The molecule has 0 unspecified atom stereocenters. The van der Waals surface area contributed by atoms with Gasteiger partial charge in [-0.2, -0.15) is 0 Å². The van der Waals surface area contributed by atoms with Crippen LogP contribution in [-0.2, 0) is 0 Å². The van der Waals surface area contributed by atoms with E-state index in [1.54, 1.807) is 0 Å². The van der Waals surface area contributed by atoms with Crippen molar-refractivity contribution in [3.8, 4) is 34.1 Å². The molecule has 0 bridgehead atoms. The second-order valence-corrected chi connectivity index (χ2v) is 24.7. The molecule has 2 nitrogen and oxygen atoms in total. The van der Waals surface area contributed by atoms with Crippen LogP contribution in [0.5, 0.6) is 0 Å². The first-order valence-electron chi connectivity index (χ1n) is 12.4. The van der Waals surface area contributed by atoms with E-state index in [1.807, 2.05) is 12.1 Å². The summed E-state index contributed by atoms with van der Waals surface area (Å²) in [5.41, 5.74) is 7.78. The largest absolute Gasteiger partial charge is 0.228 e. The average molecular weight is 643 g/mol. The topological polar surface area (TPSA) is 25.8 Å². The lowest BCUT2D eigenvalue weighted by molar-refractivity contribution is 0.729. The molecule has 0 fully saturated rings. The number of halogens is 2. The van der Waals surface area contributed by atoms with Gasteiger partial charge in [-0.15, -0.1) is 5.54 Å². The van der Waals surface area contributed by atoms with Gasteiger partial charge >= 0.3 is 0 Å². The fraction of sp³-hybridized carbons (Fsp3) is 0.400. The first-order valence-corrected chi connectivity index (χ1v) is 20.0. The Kier molecular flexibility index (Phi) is 8.33. The van der Waals surface area contributed by atoms with E-state index in [0.717, 1.165) is 37.3 Å². The SMILES string of the molecule is CC(C)(C)[Si](C)(C)C#Cc1nc(-c2ccc(Br)cc2)nc(-c2ccc(Br)cc2)c1[Si](C)(C)C(C)(C)C. The first-order chi connectivity index (χ1) is 16.4. The summed E-state index contributed by atoms with van der Waals surface area (Å²) in [5, 5.41) is 1.53. The van der Waals surface area contributed by atoms with E-state index in [4.69, 9.17) is 9.97 Å². The Bertz CT molecular complexity index is 1300. The van der Waals surface area contributed by atoms with Crippen molar-refractivity contribution in [2.45, 2.75) is 77.8 Å². The van der Waals surface area contributed by atoms with Gasteiger partial charge in [0.05, 0.1) is 13.8 Å². The van der Waals surface area contributed by atoms with Crippen LogP contribution in [0.3, 0.4) is 0 Å². The zero-order chi connectivity index (χ0) is 27.1. The minimum Gasteiger partial charge on any atom is -0.228 e. The van der Waals surface area contributed by atoms with Gasteiger partial charge in [0.25, 0.3) is 0 Å². The maximum absolute atomic E-state index is 5.24. The Morgan fingerprint density at radius 2 is 1.14 bits per heavy atom. The monoisotopic (exact) mass is 640 g/mol. The summed E-state index contributed by atoms with van der Waals surface area (Å²) in [6.07, 6.45) is 0. The summed E-state index contributed by atoms with van der Waals surface area (Å²) in [6.45, 7) is 23.6. The van der Waals surface area contributed by atoms with E-state index in [1.165, 1.54) is 5.19 Å². The van der Waals surface area contributed by atoms with Crippen LogP contribution in [-0.4, -0.2) is 26.1 Å². The summed E-state index contributed by atoms with van der Waals surface area (Å²) in [4.78, 5) is 10.4. The van der Waals surface area contributed by atoms with E-state index in [0.29, 0.717) is 0 Å². The van der Waals surface area contributed by atoms with Crippen LogP contribution in [0.25, 0.3) is 22.6 Å². The molecule has 3 aromatic rings. The third-order valence-corrected chi connectivity index (χ3v) is 19.0. The minimum atomic E-state index is -2.07. The van der Waals surface area contributed by atoms with Gasteiger partial charge in [-0.25, -0.2) is 9.97 Å². The molecular weight excluding hydrogens is 604 g/mol. The van der Waals surface area contributed by atoms with E-state index in [9.17, 15) is 0 Å². The summed E-state index contributed by atoms with van der Waals surface area (Å²) >= 11 is 7.16. The van der Waals surface area contributed by atoms with Crippen molar-refractivity contribution in [2.75, 3.05) is 0 Å². The van der Waals surface area contributed by atoms with Crippen molar-refractivity contribution in [3.05, 3.63) is 63.2 Å². The van der Waals surface area contributed by atoms with Crippen LogP contribution in [0.2, 0.25) is 36.3 Å². The first kappa shape index (κ1) is 29.0. The molecule has 190 valence electrons. The Morgan fingerprint density at radius 1 is 0.667 bits per heavy atom. The molecule has 0 aliphatic rings. The van der Waals surface area contributed by atoms with Crippen molar-refractivity contribution in [1.82, 2.24) is 9.97 Å². The summed E-state index contributed by atoms with van der Waals surface area (Å²) in [6, 6.07) is 16.7. The van der Waals surface area contributed by atoms with Crippen molar-refractivity contribution < 1.29 is 0 Å². The van der Waals surface area contributed by atoms with Gasteiger partial charge in [-0.3, -0.25) is 0 Å². The molecule has 1 aromatic heterocycles. The van der Waals surface area contributed by atoms with Crippen LogP contribution in [0.4, 0.5) is 0 Å². The molecule has 0 aliphatic heterocycles. The molecule has 0 atom stereocenters. The van der Waals surface area contributed by atoms with Gasteiger partial charge in [0.2, 0.25) is 0 Å². The van der Waals surface area contributed by atoms with Crippen LogP contribution in [0.1, 0.15) is 47.2 Å². The van der Waals surface area contributed by atoms with E-state index in [2.05, 4.69) is 147 Å². The number of hydrogen-bond donors (Lipinski definition) is 0. The quantitative estimate of drug-likeness (QED) is 0.210. The Labute approximate surface area is 237 Å². The number of nitrogens with zero attached hydrogens (tertiary/aromatic N) is 2. The molecule has 0 spiro atoms. The molecule has 1 heterocycles. The zero-order valence-electron chi connectivity index (χ0n) is 23.3. The fourth-order valence-electron chi connectivity index (χ4n) is 3.47. The summed E-state index contributed by atoms with van der Waals surface area (Å²) in [7, 11) is -3.92. The molecule has 36 heavy (non-hydrogen) atoms. The highest BCUT2D eigenvalue weighted by Crippen LogP contribution is 2.39. The van der Waals surface area contributed by atoms with Crippen LogP contribution in [0, 0.1) is 11.5 Å². The highest BCUT2D eigenvalue weighted by atomic mass is 79.9. The molecule has 0 N–H and O–H groups in total. The van der Waals surface area contributed by atoms with Crippen LogP contribution in [0.15, 0.2) is 57.5 Å². The lowest BCUT2D eigenvalue weighted by atomic mass is 10.1. The highest BCUT2D eigenvalue weighted by molar-refractivity contribution is 9.10. The third-order valence-electron chi connectivity index (χ3n) is 8.00. The van der Waals surface area contributed by atoms with E-state index in [-0.39, 0.29) is 10.1 Å². The van der Waals surface area contributed by atoms with Crippen molar-refractivity contribution in [1.29, 1.82) is 0 Å². The molecule has 6 heteroatoms. The predicted molar refractivity (Wildman–Crippen MR) is 169 cm³/mol. The third kappa shape index (κ3) is 6.12. The number of benzene rings is 2. The fourth-order valence-corrected chi connectivity index (χ4v) is 7.05. The predicted octanol–water partition coefficient (Wildman–Crippen LogP) is 9.45. The maximum Gasteiger partial charge on any atom is 0.161 e. The molecule has 0 saturated carbocycles. The Balaban J connectivity index is 2.46. The van der Waals surface area contributed by atoms with Gasteiger partial charge in [0.1, 0.15) is 13.8 Å². The summed E-state index contributed by atoms with van der Waals surface area (Å²) in [5.74, 6) is 4.38. The van der Waals surface area contributed by atoms with Crippen LogP contribution >= 0.6 is 31.9 Å². The second kappa shape index (κ2) is 10.3. The molecule has 0 saturated heterocycles. The summed E-state index contributed by atoms with van der Waals surface area (Å²) < 4.78 is 2.09. The highest BCUT2D eigenvalue weighted by Gasteiger charge is 2.42. The lowest BCUT2D eigenvalue weighted by Gasteiger charge is -2.39. The number of aromatic nitrogens is 2. The number of rotatable bonds is 3. The van der Waals surface area contributed by atoms with Crippen LogP contribution < -0.4 is 5.19 Å². The van der Waals surface area contributed by atoms with Gasteiger partial charge in [0, 0.05) is 25.3 Å². The normalized spacial score (nSPS) is 12.8. The van der Waals surface area contributed by atoms with E-state index >= 15 is 0 Å². The van der Waals surface area contributed by atoms with Gasteiger partial charge in [0.15, 0.2) is 5.82 Å². The zero-order valence-corrected chi connectivity index (χ0v) is 28.4. The molecule has 0 amide bonds. The smallest absolute Gasteiger partial charge is 0.161 e. The molecule has 3 rings (SSSR count). The average Bonchev–Trinajstić information content (AvgIpc) is 2.76.